The zero-order chi connectivity index (χ0) is 19.2. The molecule has 2 saturated heterocycles. The van der Waals surface area contributed by atoms with Gasteiger partial charge in [0.2, 0.25) is 0 Å². The fraction of sp³-hybridized carbons (Fsp3) is 0.611. The highest BCUT2D eigenvalue weighted by atomic mass is 16.5. The van der Waals surface area contributed by atoms with Crippen LogP contribution in [0.4, 0.5) is 10.5 Å². The van der Waals surface area contributed by atoms with Gasteiger partial charge in [0.15, 0.2) is 0 Å². The zero-order valence-electron chi connectivity index (χ0n) is 15.3. The molecule has 0 aromatic heterocycles. The average molecular weight is 381 g/mol. The Bertz CT molecular complexity index is 608. The normalized spacial score (nSPS) is 28.7. The van der Waals surface area contributed by atoms with Crippen LogP contribution in [0.5, 0.6) is 5.75 Å². The second kappa shape index (κ2) is 9.34. The molecule has 4 N–H and O–H groups in total. The predicted molar refractivity (Wildman–Crippen MR) is 97.9 cm³/mol. The van der Waals surface area contributed by atoms with E-state index in [9.17, 15) is 15.0 Å². The molecule has 0 bridgehead atoms. The molecule has 0 unspecified atom stereocenters. The van der Waals surface area contributed by atoms with E-state index in [0.29, 0.717) is 37.7 Å². The Balaban J connectivity index is 1.56. The maximum absolute atomic E-state index is 12.2. The Kier molecular flexibility index (Phi) is 6.86. The molecule has 2 fully saturated rings. The van der Waals surface area contributed by atoms with E-state index in [1.807, 2.05) is 0 Å². The number of benzene rings is 1. The molecule has 0 radical (unpaired) electrons. The van der Waals surface area contributed by atoms with Crippen molar-refractivity contribution in [3.05, 3.63) is 24.3 Å². The number of carbonyl (C=O) groups excluding carboxylic acids is 1. The number of aliphatic hydroxyl groups excluding tert-OH is 2. The van der Waals surface area contributed by atoms with Crippen LogP contribution in [0.1, 0.15) is 0 Å². The molecule has 2 amide bonds. The van der Waals surface area contributed by atoms with Gasteiger partial charge in [0.25, 0.3) is 0 Å². The van der Waals surface area contributed by atoms with Crippen molar-refractivity contribution in [1.29, 1.82) is 0 Å². The number of hydrogen-bond acceptors (Lipinski definition) is 7. The standard InChI is InChI=1S/C18H27N3O6/c1-25-13-4-2-12(3-5-13)20-18(24)19-10-14-16(17(23)15(11-22)27-14)21-6-8-26-9-7-21/h2-5,14-17,22-23H,6-11H2,1H3,(H2,19,20,24)/t14-,15+,16-,17-/m1/s1. The largest absolute Gasteiger partial charge is 0.497 e. The number of morpholine rings is 1. The third-order valence-corrected chi connectivity index (χ3v) is 4.92. The number of urea groups is 1. The molecule has 27 heavy (non-hydrogen) atoms. The quantitative estimate of drug-likeness (QED) is 0.532. The summed E-state index contributed by atoms with van der Waals surface area (Å²) in [5.74, 6) is 0.706. The Morgan fingerprint density at radius 3 is 2.59 bits per heavy atom. The van der Waals surface area contributed by atoms with E-state index in [2.05, 4.69) is 15.5 Å². The number of anilines is 1. The van der Waals surface area contributed by atoms with Gasteiger partial charge in [-0.05, 0) is 24.3 Å². The highest BCUT2D eigenvalue weighted by Crippen LogP contribution is 2.26. The summed E-state index contributed by atoms with van der Waals surface area (Å²) in [7, 11) is 1.58. The van der Waals surface area contributed by atoms with Crippen LogP contribution in [-0.2, 0) is 9.47 Å². The predicted octanol–water partition coefficient (Wildman–Crippen LogP) is -0.362. The number of nitrogens with zero attached hydrogens (tertiary/aromatic N) is 1. The first-order valence-corrected chi connectivity index (χ1v) is 9.07. The van der Waals surface area contributed by atoms with Crippen LogP contribution in [0.3, 0.4) is 0 Å². The van der Waals surface area contributed by atoms with Crippen LogP contribution in [0, 0.1) is 0 Å². The lowest BCUT2D eigenvalue weighted by Gasteiger charge is -2.36. The number of amides is 2. The topological polar surface area (TPSA) is 113 Å². The molecule has 0 spiro atoms. The summed E-state index contributed by atoms with van der Waals surface area (Å²) in [5, 5.41) is 25.5. The number of carbonyl (C=O) groups is 1. The Morgan fingerprint density at radius 2 is 1.96 bits per heavy atom. The molecule has 0 aliphatic carbocycles. The van der Waals surface area contributed by atoms with Crippen molar-refractivity contribution in [2.75, 3.05) is 51.9 Å². The summed E-state index contributed by atoms with van der Waals surface area (Å²) >= 11 is 0. The monoisotopic (exact) mass is 381 g/mol. The summed E-state index contributed by atoms with van der Waals surface area (Å²) in [6, 6.07) is 6.33. The second-order valence-electron chi connectivity index (χ2n) is 6.59. The van der Waals surface area contributed by atoms with E-state index in [0.717, 1.165) is 0 Å². The Morgan fingerprint density at radius 1 is 1.26 bits per heavy atom. The summed E-state index contributed by atoms with van der Waals surface area (Å²) in [6.45, 7) is 2.49. The minimum Gasteiger partial charge on any atom is -0.497 e. The SMILES string of the molecule is COc1ccc(NC(=O)NC[C@H]2O[C@@H](CO)[C@@H](O)[C@@H]2N2CCOCC2)cc1. The van der Waals surface area contributed by atoms with Crippen LogP contribution in [-0.4, -0.2) is 92.1 Å². The molecule has 3 rings (SSSR count). The van der Waals surface area contributed by atoms with Crippen molar-refractivity contribution in [1.82, 2.24) is 10.2 Å². The van der Waals surface area contributed by atoms with Crippen LogP contribution in [0.15, 0.2) is 24.3 Å². The fourth-order valence-electron chi connectivity index (χ4n) is 3.51. The summed E-state index contributed by atoms with van der Waals surface area (Å²) in [6.07, 6.45) is -1.89. The zero-order valence-corrected chi connectivity index (χ0v) is 15.3. The summed E-state index contributed by atoms with van der Waals surface area (Å²) < 4.78 is 16.2. The van der Waals surface area contributed by atoms with Crippen LogP contribution >= 0.6 is 0 Å². The molecule has 1 aromatic rings. The minimum absolute atomic E-state index is 0.220. The van der Waals surface area contributed by atoms with E-state index in [1.165, 1.54) is 0 Å². The van der Waals surface area contributed by atoms with E-state index in [1.54, 1.807) is 31.4 Å². The van der Waals surface area contributed by atoms with Gasteiger partial charge >= 0.3 is 6.03 Å². The third kappa shape index (κ3) is 4.88. The van der Waals surface area contributed by atoms with Crippen LogP contribution in [0.2, 0.25) is 0 Å². The van der Waals surface area contributed by atoms with Gasteiger partial charge < -0.3 is 35.1 Å². The highest BCUT2D eigenvalue weighted by molar-refractivity contribution is 5.89. The van der Waals surface area contributed by atoms with Crippen molar-refractivity contribution in [3.63, 3.8) is 0 Å². The van der Waals surface area contributed by atoms with Gasteiger partial charge in [-0.25, -0.2) is 4.79 Å². The lowest BCUT2D eigenvalue weighted by Crippen LogP contribution is -2.54. The van der Waals surface area contributed by atoms with E-state index in [-0.39, 0.29) is 25.2 Å². The fourth-order valence-corrected chi connectivity index (χ4v) is 3.51. The van der Waals surface area contributed by atoms with E-state index in [4.69, 9.17) is 14.2 Å². The molecule has 2 aliphatic rings. The number of aliphatic hydroxyl groups is 2. The number of rotatable bonds is 6. The van der Waals surface area contributed by atoms with E-state index >= 15 is 0 Å². The van der Waals surface area contributed by atoms with Crippen LogP contribution < -0.4 is 15.4 Å². The molecule has 1 aromatic carbocycles. The summed E-state index contributed by atoms with van der Waals surface area (Å²) in [4.78, 5) is 14.3. The van der Waals surface area contributed by atoms with Gasteiger partial charge in [-0.2, -0.15) is 0 Å². The molecule has 2 heterocycles. The molecular weight excluding hydrogens is 354 g/mol. The van der Waals surface area contributed by atoms with Gasteiger partial charge in [0, 0.05) is 25.3 Å². The number of hydrogen-bond donors (Lipinski definition) is 4. The van der Waals surface area contributed by atoms with Gasteiger partial charge in [-0.1, -0.05) is 0 Å². The molecule has 9 heteroatoms. The first-order valence-electron chi connectivity index (χ1n) is 9.07. The summed E-state index contributed by atoms with van der Waals surface area (Å²) in [5.41, 5.74) is 0.638. The number of nitrogens with one attached hydrogen (secondary N) is 2. The average Bonchev–Trinajstić information content (AvgIpc) is 3.03. The number of ether oxygens (including phenoxy) is 3. The van der Waals surface area contributed by atoms with E-state index < -0.39 is 18.3 Å². The van der Waals surface area contributed by atoms with Crippen molar-refractivity contribution in [2.24, 2.45) is 0 Å². The lowest BCUT2D eigenvalue weighted by atomic mass is 10.0. The van der Waals surface area contributed by atoms with Crippen molar-refractivity contribution in [3.8, 4) is 5.75 Å². The third-order valence-electron chi connectivity index (χ3n) is 4.92. The van der Waals surface area contributed by atoms with Crippen molar-refractivity contribution in [2.45, 2.75) is 24.4 Å². The molecule has 2 aliphatic heterocycles. The van der Waals surface area contributed by atoms with Gasteiger partial charge in [0.1, 0.15) is 18.0 Å². The second-order valence-corrected chi connectivity index (χ2v) is 6.59. The maximum Gasteiger partial charge on any atom is 0.319 e. The molecule has 9 nitrogen and oxygen atoms in total. The lowest BCUT2D eigenvalue weighted by molar-refractivity contribution is -0.0214. The van der Waals surface area contributed by atoms with Gasteiger partial charge in [-0.3, -0.25) is 4.90 Å². The number of methoxy groups -OCH3 is 1. The van der Waals surface area contributed by atoms with Crippen molar-refractivity contribution < 1.29 is 29.2 Å². The Labute approximate surface area is 158 Å². The van der Waals surface area contributed by atoms with Gasteiger partial charge in [0.05, 0.1) is 39.1 Å². The first kappa shape index (κ1) is 19.8. The minimum atomic E-state index is -0.815. The first-order chi connectivity index (χ1) is 13.1. The highest BCUT2D eigenvalue weighted by Gasteiger charge is 2.46. The van der Waals surface area contributed by atoms with Gasteiger partial charge in [-0.15, -0.1) is 0 Å². The Hall–Kier alpha value is -1.91. The maximum atomic E-state index is 12.2. The molecule has 0 saturated carbocycles. The molecule has 4 atom stereocenters. The molecular formula is C18H27N3O6. The molecule has 150 valence electrons. The van der Waals surface area contributed by atoms with Crippen LogP contribution in [0.25, 0.3) is 0 Å². The smallest absolute Gasteiger partial charge is 0.319 e. The van der Waals surface area contributed by atoms with Crippen molar-refractivity contribution >= 4 is 11.7 Å².